The Labute approximate surface area is 246 Å². The number of rotatable bonds is 10. The zero-order valence-corrected chi connectivity index (χ0v) is 25.0. The minimum atomic E-state index is -1.12. The monoisotopic (exact) mass is 581 g/mol. The highest BCUT2D eigenvalue weighted by Gasteiger charge is 2.39. The number of hydrogen-bond acceptors (Lipinski definition) is 7. The maximum atomic E-state index is 14.2. The number of anilines is 1. The van der Waals surface area contributed by atoms with Crippen molar-refractivity contribution in [2.75, 3.05) is 32.8 Å². The topological polar surface area (TPSA) is 83.5 Å². The molecule has 0 aliphatic carbocycles. The third-order valence-electron chi connectivity index (χ3n) is 7.06. The Hall–Kier alpha value is -3.75. The lowest BCUT2D eigenvalue weighted by Crippen LogP contribution is -2.40. The molecular weight excluding hydrogens is 546 g/mol. The van der Waals surface area contributed by atoms with Gasteiger partial charge in [0.05, 0.1) is 46.6 Å². The summed E-state index contributed by atoms with van der Waals surface area (Å²) in [7, 11) is 4.77. The molecule has 2 atom stereocenters. The summed E-state index contributed by atoms with van der Waals surface area (Å²) in [5.41, 5.74) is 3.83. The third-order valence-corrected chi connectivity index (χ3v) is 7.30. The number of amides is 1. The van der Waals surface area contributed by atoms with Gasteiger partial charge in [-0.1, -0.05) is 37.6 Å². The molecule has 0 radical (unpaired) electrons. The van der Waals surface area contributed by atoms with Crippen LogP contribution in [0.4, 0.5) is 5.69 Å². The Balaban J connectivity index is 1.92. The molecule has 8 nitrogen and oxygen atoms in total. The van der Waals surface area contributed by atoms with Gasteiger partial charge in [0.25, 0.3) is 5.91 Å². The number of halogens is 1. The van der Waals surface area contributed by atoms with Crippen molar-refractivity contribution < 1.29 is 33.3 Å². The lowest BCUT2D eigenvalue weighted by atomic mass is 9.89. The van der Waals surface area contributed by atoms with Crippen LogP contribution in [0.2, 0.25) is 5.02 Å². The summed E-state index contributed by atoms with van der Waals surface area (Å²) in [5, 5.41) is 0.490. The first-order valence-electron chi connectivity index (χ1n) is 13.5. The number of carbonyl (C=O) groups is 2. The van der Waals surface area contributed by atoms with Gasteiger partial charge in [-0.2, -0.15) is 0 Å². The second-order valence-corrected chi connectivity index (χ2v) is 10.4. The minimum absolute atomic E-state index is 0.0782. The fourth-order valence-corrected chi connectivity index (χ4v) is 5.40. The molecule has 218 valence electrons. The van der Waals surface area contributed by atoms with E-state index in [-0.39, 0.29) is 31.4 Å². The lowest BCUT2D eigenvalue weighted by molar-refractivity contribution is -0.151. The second kappa shape index (κ2) is 13.3. The first-order valence-corrected chi connectivity index (χ1v) is 13.9. The molecule has 0 saturated carbocycles. The average Bonchev–Trinajstić information content (AvgIpc) is 3.07. The largest absolute Gasteiger partial charge is 0.497 e. The van der Waals surface area contributed by atoms with Crippen molar-refractivity contribution in [3.05, 3.63) is 81.9 Å². The molecule has 1 aliphatic heterocycles. The summed E-state index contributed by atoms with van der Waals surface area (Å²) in [6.07, 6.45) is -2.09. The maximum Gasteiger partial charge on any atom is 0.308 e. The zero-order chi connectivity index (χ0) is 29.7. The van der Waals surface area contributed by atoms with E-state index in [1.54, 1.807) is 45.3 Å². The highest BCUT2D eigenvalue weighted by molar-refractivity contribution is 6.30. The number of fused-ring (bicyclic) bond motifs is 1. The van der Waals surface area contributed by atoms with E-state index in [1.165, 1.54) is 0 Å². The van der Waals surface area contributed by atoms with Crippen molar-refractivity contribution >= 4 is 29.2 Å². The van der Waals surface area contributed by atoms with Crippen molar-refractivity contribution in [1.29, 1.82) is 0 Å². The van der Waals surface area contributed by atoms with Crippen LogP contribution in [-0.4, -0.2) is 45.9 Å². The van der Waals surface area contributed by atoms with Gasteiger partial charge in [-0.25, -0.2) is 0 Å². The van der Waals surface area contributed by atoms with Gasteiger partial charge in [-0.15, -0.1) is 0 Å². The van der Waals surface area contributed by atoms with Gasteiger partial charge in [0.15, 0.2) is 0 Å². The molecule has 1 aliphatic rings. The first-order chi connectivity index (χ1) is 19.7. The summed E-state index contributed by atoms with van der Waals surface area (Å²) >= 11 is 6.54. The predicted octanol–water partition coefficient (Wildman–Crippen LogP) is 6.46. The van der Waals surface area contributed by atoms with Crippen LogP contribution in [-0.2, 0) is 25.6 Å². The van der Waals surface area contributed by atoms with E-state index in [0.29, 0.717) is 33.5 Å². The summed E-state index contributed by atoms with van der Waals surface area (Å²) in [5.74, 6) is 1.08. The molecule has 0 bridgehead atoms. The first kappa shape index (κ1) is 30.2. The normalized spacial score (nSPS) is 16.7. The Bertz CT molecular complexity index is 1410. The number of esters is 1. The van der Waals surface area contributed by atoms with Gasteiger partial charge in [0.1, 0.15) is 29.5 Å². The molecular formula is C32H36ClNO7. The third kappa shape index (κ3) is 6.44. The van der Waals surface area contributed by atoms with Crippen LogP contribution in [0.5, 0.6) is 17.2 Å². The molecule has 0 saturated heterocycles. The fraction of sp³-hybridized carbons (Fsp3) is 0.375. The number of hydrogen-bond donors (Lipinski definition) is 0. The Morgan fingerprint density at radius 2 is 1.73 bits per heavy atom. The quantitative estimate of drug-likeness (QED) is 0.254. The van der Waals surface area contributed by atoms with Crippen molar-refractivity contribution in [2.45, 2.75) is 51.9 Å². The summed E-state index contributed by atoms with van der Waals surface area (Å²) in [6.45, 7) is 6.22. The SMILES string of the molecule is CCOC(=O)C[C@H]1O[C@H](c2cccc(OC)c2C(C)C)c2cc(Cl)ccc2N(Cc2ccc(OC)cc2OC)C1=O. The standard InChI is InChI=1S/C32H36ClNO7/c1-7-40-29(35)17-28-32(36)34(18-20-11-13-22(37-4)16-27(20)39-6)25-14-12-21(33)15-24(25)31(41-28)23-9-8-10-26(38-5)30(23)19(2)3/h8-16,19,28,31H,7,17-18H2,1-6H3/t28-,31-/m1/s1. The van der Waals surface area contributed by atoms with Gasteiger partial charge in [-0.05, 0) is 54.8 Å². The van der Waals surface area contributed by atoms with Crippen LogP contribution in [0, 0.1) is 0 Å². The van der Waals surface area contributed by atoms with E-state index >= 15 is 0 Å². The second-order valence-electron chi connectivity index (χ2n) is 9.94. The molecule has 1 amide bonds. The Kier molecular flexibility index (Phi) is 9.78. The number of carbonyl (C=O) groups excluding carboxylic acids is 2. The van der Waals surface area contributed by atoms with E-state index < -0.39 is 18.2 Å². The van der Waals surface area contributed by atoms with Crippen LogP contribution < -0.4 is 19.1 Å². The van der Waals surface area contributed by atoms with Gasteiger partial charge in [0.2, 0.25) is 0 Å². The summed E-state index contributed by atoms with van der Waals surface area (Å²) in [4.78, 5) is 28.6. The highest BCUT2D eigenvalue weighted by atomic mass is 35.5. The van der Waals surface area contributed by atoms with Crippen LogP contribution in [0.1, 0.15) is 61.5 Å². The molecule has 3 aromatic rings. The van der Waals surface area contributed by atoms with Crippen LogP contribution >= 0.6 is 11.6 Å². The predicted molar refractivity (Wildman–Crippen MR) is 157 cm³/mol. The van der Waals surface area contributed by atoms with Gasteiger partial charge in [0, 0.05) is 27.8 Å². The van der Waals surface area contributed by atoms with E-state index in [1.807, 2.05) is 42.5 Å². The zero-order valence-electron chi connectivity index (χ0n) is 24.2. The van der Waals surface area contributed by atoms with E-state index in [2.05, 4.69) is 13.8 Å². The lowest BCUT2D eigenvalue weighted by Gasteiger charge is -2.26. The highest BCUT2D eigenvalue weighted by Crippen LogP contribution is 2.45. The molecule has 0 spiro atoms. The van der Waals surface area contributed by atoms with Gasteiger partial charge in [-0.3, -0.25) is 9.59 Å². The summed E-state index contributed by atoms with van der Waals surface area (Å²) < 4.78 is 28.5. The van der Waals surface area contributed by atoms with Gasteiger partial charge >= 0.3 is 5.97 Å². The van der Waals surface area contributed by atoms with Crippen LogP contribution in [0.25, 0.3) is 0 Å². The van der Waals surface area contributed by atoms with E-state index in [4.69, 9.17) is 35.3 Å². The average molecular weight is 582 g/mol. The molecule has 0 unspecified atom stereocenters. The van der Waals surface area contributed by atoms with Crippen molar-refractivity contribution in [1.82, 2.24) is 0 Å². The van der Waals surface area contributed by atoms with Crippen LogP contribution in [0.3, 0.4) is 0 Å². The van der Waals surface area contributed by atoms with E-state index in [0.717, 1.165) is 16.7 Å². The minimum Gasteiger partial charge on any atom is -0.497 e. The van der Waals surface area contributed by atoms with E-state index in [9.17, 15) is 9.59 Å². The number of benzene rings is 3. The Morgan fingerprint density at radius 3 is 2.39 bits per heavy atom. The molecule has 4 rings (SSSR count). The fourth-order valence-electron chi connectivity index (χ4n) is 5.22. The van der Waals surface area contributed by atoms with Crippen molar-refractivity contribution in [2.24, 2.45) is 0 Å². The molecule has 0 aromatic heterocycles. The molecule has 0 N–H and O–H groups in total. The van der Waals surface area contributed by atoms with Crippen molar-refractivity contribution in [3.63, 3.8) is 0 Å². The van der Waals surface area contributed by atoms with Crippen LogP contribution in [0.15, 0.2) is 54.6 Å². The molecule has 3 aromatic carbocycles. The Morgan fingerprint density at radius 1 is 0.976 bits per heavy atom. The molecule has 41 heavy (non-hydrogen) atoms. The molecule has 1 heterocycles. The number of methoxy groups -OCH3 is 3. The molecule has 9 heteroatoms. The number of nitrogens with zero attached hydrogens (tertiary/aromatic N) is 1. The maximum absolute atomic E-state index is 14.2. The summed E-state index contributed by atoms with van der Waals surface area (Å²) in [6, 6.07) is 16.5. The smallest absolute Gasteiger partial charge is 0.308 e. The van der Waals surface area contributed by atoms with Crippen molar-refractivity contribution in [3.8, 4) is 17.2 Å². The van der Waals surface area contributed by atoms with Gasteiger partial charge < -0.3 is 28.6 Å². The number of ether oxygens (including phenoxy) is 5. The molecule has 0 fully saturated rings.